The van der Waals surface area contributed by atoms with Crippen molar-refractivity contribution in [2.45, 2.75) is 70.4 Å². The third-order valence-corrected chi connectivity index (χ3v) is 6.38. The number of aliphatic hydroxyl groups excluding tert-OH is 1. The first-order chi connectivity index (χ1) is 11.6. The van der Waals surface area contributed by atoms with Crippen molar-refractivity contribution in [2.75, 3.05) is 39.4 Å². The molecule has 0 unspecified atom stereocenters. The molecule has 0 aromatic heterocycles. The number of aliphatic hydroxyl groups is 1. The van der Waals surface area contributed by atoms with Crippen molar-refractivity contribution in [2.24, 2.45) is 5.41 Å². The number of amides is 1. The summed E-state index contributed by atoms with van der Waals surface area (Å²) < 4.78 is 5.33. The molecule has 1 saturated carbocycles. The summed E-state index contributed by atoms with van der Waals surface area (Å²) in [6.45, 7) is 6.67. The molecule has 2 saturated heterocycles. The van der Waals surface area contributed by atoms with Gasteiger partial charge in [-0.05, 0) is 39.0 Å². The van der Waals surface area contributed by atoms with Crippen LogP contribution >= 0.6 is 0 Å². The zero-order valence-corrected chi connectivity index (χ0v) is 15.2. The van der Waals surface area contributed by atoms with Crippen LogP contribution in [-0.2, 0) is 9.53 Å². The average Bonchev–Trinajstić information content (AvgIpc) is 3.12. The van der Waals surface area contributed by atoms with Crippen molar-refractivity contribution >= 4 is 5.91 Å². The number of rotatable bonds is 5. The van der Waals surface area contributed by atoms with Gasteiger partial charge in [0.2, 0.25) is 5.91 Å². The van der Waals surface area contributed by atoms with Gasteiger partial charge >= 0.3 is 0 Å². The molecule has 1 amide bonds. The monoisotopic (exact) mass is 338 g/mol. The average molecular weight is 338 g/mol. The van der Waals surface area contributed by atoms with Crippen LogP contribution in [0.5, 0.6) is 0 Å². The second-order valence-corrected chi connectivity index (χ2v) is 7.94. The van der Waals surface area contributed by atoms with E-state index >= 15 is 0 Å². The summed E-state index contributed by atoms with van der Waals surface area (Å²) in [4.78, 5) is 17.1. The molecular weight excluding hydrogens is 304 g/mol. The van der Waals surface area contributed by atoms with Crippen LogP contribution < -0.4 is 0 Å². The lowest BCUT2D eigenvalue weighted by molar-refractivity contribution is -0.143. The predicted molar refractivity (Wildman–Crippen MR) is 93.8 cm³/mol. The predicted octanol–water partition coefficient (Wildman–Crippen LogP) is 2.03. The minimum absolute atomic E-state index is 0.111. The first kappa shape index (κ1) is 18.2. The highest BCUT2D eigenvalue weighted by molar-refractivity contribution is 5.76. The lowest BCUT2D eigenvalue weighted by Gasteiger charge is -2.52. The zero-order chi connectivity index (χ0) is 17.0. The van der Waals surface area contributed by atoms with E-state index in [0.29, 0.717) is 25.7 Å². The Morgan fingerprint density at radius 2 is 1.96 bits per heavy atom. The van der Waals surface area contributed by atoms with Gasteiger partial charge in [0.15, 0.2) is 0 Å². The molecule has 1 spiro atoms. The Bertz CT molecular complexity index is 425. The van der Waals surface area contributed by atoms with E-state index in [2.05, 4.69) is 4.90 Å². The number of hydrogen-bond acceptors (Lipinski definition) is 4. The van der Waals surface area contributed by atoms with E-state index in [0.717, 1.165) is 45.4 Å². The molecule has 24 heavy (non-hydrogen) atoms. The van der Waals surface area contributed by atoms with Crippen LogP contribution in [0.3, 0.4) is 0 Å². The van der Waals surface area contributed by atoms with E-state index in [4.69, 9.17) is 4.74 Å². The second-order valence-electron chi connectivity index (χ2n) is 7.94. The van der Waals surface area contributed by atoms with Gasteiger partial charge in [-0.15, -0.1) is 0 Å². The minimum atomic E-state index is -0.266. The maximum atomic E-state index is 12.5. The Kier molecular flexibility index (Phi) is 6.17. The summed E-state index contributed by atoms with van der Waals surface area (Å²) >= 11 is 0. The Hall–Kier alpha value is -0.650. The maximum absolute atomic E-state index is 12.5. The quantitative estimate of drug-likeness (QED) is 0.780. The number of carbonyl (C=O) groups excluding carboxylic acids is 1. The molecule has 0 bridgehead atoms. The summed E-state index contributed by atoms with van der Waals surface area (Å²) in [6.07, 6.45) is 8.42. The lowest BCUT2D eigenvalue weighted by atomic mass is 9.71. The number of hydrogen-bond donors (Lipinski definition) is 1. The Morgan fingerprint density at radius 3 is 2.71 bits per heavy atom. The van der Waals surface area contributed by atoms with Gasteiger partial charge in [-0.1, -0.05) is 12.8 Å². The molecule has 2 atom stereocenters. The number of ether oxygens (including phenoxy) is 1. The smallest absolute Gasteiger partial charge is 0.224 e. The van der Waals surface area contributed by atoms with Crippen molar-refractivity contribution in [1.29, 1.82) is 0 Å². The van der Waals surface area contributed by atoms with Crippen LogP contribution in [0.4, 0.5) is 0 Å². The van der Waals surface area contributed by atoms with Crippen LogP contribution in [0, 0.1) is 5.41 Å². The molecule has 0 radical (unpaired) electrons. The molecule has 1 aliphatic carbocycles. The topological polar surface area (TPSA) is 53.0 Å². The molecule has 0 aromatic rings. The molecule has 138 valence electrons. The van der Waals surface area contributed by atoms with Crippen molar-refractivity contribution in [1.82, 2.24) is 9.80 Å². The summed E-state index contributed by atoms with van der Waals surface area (Å²) in [6, 6.07) is 0.707. The molecule has 3 aliphatic rings. The number of piperidine rings is 2. The number of carbonyl (C=O) groups is 1. The van der Waals surface area contributed by atoms with E-state index in [9.17, 15) is 9.90 Å². The second kappa shape index (κ2) is 8.15. The molecule has 0 aromatic carbocycles. The fraction of sp³-hybridized carbons (Fsp3) is 0.947. The Morgan fingerprint density at radius 1 is 1.17 bits per heavy atom. The Balaban J connectivity index is 1.62. The van der Waals surface area contributed by atoms with Crippen LogP contribution in [0.2, 0.25) is 0 Å². The van der Waals surface area contributed by atoms with Gasteiger partial charge in [0.1, 0.15) is 0 Å². The van der Waals surface area contributed by atoms with Gasteiger partial charge in [-0.25, -0.2) is 0 Å². The Labute approximate surface area is 146 Å². The van der Waals surface area contributed by atoms with Crippen LogP contribution in [-0.4, -0.2) is 72.4 Å². The normalized spacial score (nSPS) is 32.6. The van der Waals surface area contributed by atoms with E-state index in [-0.39, 0.29) is 17.4 Å². The van der Waals surface area contributed by atoms with Gasteiger partial charge in [0.25, 0.3) is 0 Å². The highest BCUT2D eigenvalue weighted by Crippen LogP contribution is 2.41. The van der Waals surface area contributed by atoms with Gasteiger partial charge in [0, 0.05) is 44.2 Å². The summed E-state index contributed by atoms with van der Waals surface area (Å²) in [7, 11) is 0. The van der Waals surface area contributed by atoms with Crippen molar-refractivity contribution < 1.29 is 14.6 Å². The number of likely N-dealkylation sites (tertiary alicyclic amines) is 2. The highest BCUT2D eigenvalue weighted by atomic mass is 16.5. The van der Waals surface area contributed by atoms with Crippen LogP contribution in [0.1, 0.15) is 58.3 Å². The van der Waals surface area contributed by atoms with Gasteiger partial charge in [-0.2, -0.15) is 0 Å². The molecule has 2 aliphatic heterocycles. The number of nitrogens with zero attached hydrogens (tertiary/aromatic N) is 2. The molecule has 2 heterocycles. The fourth-order valence-corrected chi connectivity index (χ4v) is 5.00. The van der Waals surface area contributed by atoms with Gasteiger partial charge < -0.3 is 14.7 Å². The largest absolute Gasteiger partial charge is 0.392 e. The van der Waals surface area contributed by atoms with E-state index in [1.807, 2.05) is 11.8 Å². The molecular formula is C19H34N2O3. The summed E-state index contributed by atoms with van der Waals surface area (Å²) in [5.74, 6) is 0.188. The van der Waals surface area contributed by atoms with E-state index < -0.39 is 0 Å². The molecule has 3 rings (SSSR count). The summed E-state index contributed by atoms with van der Waals surface area (Å²) in [5.41, 5.74) is -0.111. The van der Waals surface area contributed by atoms with Crippen LogP contribution in [0.25, 0.3) is 0 Å². The molecule has 3 fully saturated rings. The van der Waals surface area contributed by atoms with Gasteiger partial charge in [-0.3, -0.25) is 9.69 Å². The standard InChI is InChI=1S/C19H34N2O3/c1-2-24-13-9-18(23)21-11-5-10-19(15-21)14-20(12-8-17(19)22)16-6-3-4-7-16/h16-17,22H,2-15H2,1H3/t17-,19-/m1/s1. The SMILES string of the molecule is CCOCCC(=O)N1CCC[C@]2(C1)CN(C1CCCC1)CC[C@H]2O. The minimum Gasteiger partial charge on any atom is -0.392 e. The van der Waals surface area contributed by atoms with Crippen molar-refractivity contribution in [3.63, 3.8) is 0 Å². The highest BCUT2D eigenvalue weighted by Gasteiger charge is 2.47. The third kappa shape index (κ3) is 3.94. The lowest BCUT2D eigenvalue weighted by Crippen LogP contribution is -2.61. The molecule has 1 N–H and O–H groups in total. The first-order valence-electron chi connectivity index (χ1n) is 9.92. The third-order valence-electron chi connectivity index (χ3n) is 6.38. The molecule has 5 nitrogen and oxygen atoms in total. The van der Waals surface area contributed by atoms with E-state index in [1.165, 1.54) is 25.7 Å². The van der Waals surface area contributed by atoms with Crippen molar-refractivity contribution in [3.8, 4) is 0 Å². The molecule has 5 heteroatoms. The fourth-order valence-electron chi connectivity index (χ4n) is 5.00. The maximum Gasteiger partial charge on any atom is 0.224 e. The van der Waals surface area contributed by atoms with Gasteiger partial charge in [0.05, 0.1) is 19.1 Å². The first-order valence-corrected chi connectivity index (χ1v) is 9.92. The van der Waals surface area contributed by atoms with Crippen LogP contribution in [0.15, 0.2) is 0 Å². The summed E-state index contributed by atoms with van der Waals surface area (Å²) in [5, 5.41) is 10.8. The van der Waals surface area contributed by atoms with E-state index in [1.54, 1.807) is 0 Å². The van der Waals surface area contributed by atoms with Crippen molar-refractivity contribution in [3.05, 3.63) is 0 Å². The zero-order valence-electron chi connectivity index (χ0n) is 15.2.